The molecule has 0 saturated carbocycles. The van der Waals surface area contributed by atoms with Crippen LogP contribution in [0.5, 0.6) is 0 Å². The molecule has 62 heteroatoms. The van der Waals surface area contributed by atoms with Crippen LogP contribution < -0.4 is 0 Å². The van der Waals surface area contributed by atoms with E-state index in [1.54, 1.807) is 0 Å². The molecule has 12 fully saturated rings. The third kappa shape index (κ3) is 23.5. The molecule has 0 aromatic rings. The fourth-order valence-corrected chi connectivity index (χ4v) is 17.0. The van der Waals surface area contributed by atoms with Gasteiger partial charge in [0.15, 0.2) is 75.5 Å². The van der Waals surface area contributed by atoms with Crippen LogP contribution in [0.1, 0.15) is 0 Å². The van der Waals surface area contributed by atoms with Crippen LogP contribution in [0.15, 0.2) is 0 Å². The highest BCUT2D eigenvalue weighted by molar-refractivity contribution is 5.05. The predicted octanol–water partition coefficient (Wildman–Crippen LogP) is -28.2. The van der Waals surface area contributed by atoms with Gasteiger partial charge in [-0.1, -0.05) is 0 Å². The maximum Gasteiger partial charge on any atom is 0.187 e. The van der Waals surface area contributed by atoms with Gasteiger partial charge in [-0.3, -0.25) is 0 Å². The number of aliphatic hydroxyl groups is 40. The zero-order valence-corrected chi connectivity index (χ0v) is 70.0. The monoisotopic (exact) mass is 1980 g/mol. The van der Waals surface area contributed by atoms with Crippen LogP contribution >= 0.6 is 0 Å². The van der Waals surface area contributed by atoms with Gasteiger partial charge in [0.05, 0.1) is 79.3 Å². The molecule has 784 valence electrons. The van der Waals surface area contributed by atoms with Crippen molar-refractivity contribution in [1.29, 1.82) is 0 Å². The largest absolute Gasteiger partial charge is 0.394 e. The quantitative estimate of drug-likeness (QED) is 0.0297. The molecule has 40 N–H and O–H groups in total. The molecule has 0 amide bonds. The van der Waals surface area contributed by atoms with Crippen molar-refractivity contribution >= 4 is 0 Å². The Hall–Kier alpha value is -2.48. The molecule has 0 radical (unpaired) electrons. The highest BCUT2D eigenvalue weighted by Crippen LogP contribution is 2.42. The summed E-state index contributed by atoms with van der Waals surface area (Å²) in [5, 5.41) is 418. The first-order chi connectivity index (χ1) is 63.5. The van der Waals surface area contributed by atoms with Crippen LogP contribution in [-0.4, -0.2) is 652 Å². The summed E-state index contributed by atoms with van der Waals surface area (Å²) in [7, 11) is 0. The van der Waals surface area contributed by atoms with Gasteiger partial charge in [0.25, 0.3) is 0 Å². The van der Waals surface area contributed by atoms with Gasteiger partial charge in [-0.2, -0.15) is 0 Å². The van der Waals surface area contributed by atoms with Gasteiger partial charge in [0.2, 0.25) is 0 Å². The fourth-order valence-electron chi connectivity index (χ4n) is 17.0. The summed E-state index contributed by atoms with van der Waals surface area (Å²) in [5.41, 5.74) is 0. The van der Waals surface area contributed by atoms with Gasteiger partial charge < -0.3 is 308 Å². The molecule has 0 unspecified atom stereocenters. The third-order valence-corrected chi connectivity index (χ3v) is 24.9. The lowest BCUT2D eigenvalue weighted by Gasteiger charge is -2.49. The lowest BCUT2D eigenvalue weighted by Crippen LogP contribution is -2.68. The molecule has 0 aromatic carbocycles. The van der Waals surface area contributed by atoms with Crippen molar-refractivity contribution in [3.05, 3.63) is 0 Å². The Morgan fingerprint density at radius 2 is 0.216 bits per heavy atom. The second-order valence-corrected chi connectivity index (χ2v) is 33.5. The van der Waals surface area contributed by atoms with Crippen LogP contribution in [0.25, 0.3) is 0 Å². The maximum atomic E-state index is 11.2. The number of hydrogen-bond acceptors (Lipinski definition) is 62. The summed E-state index contributed by atoms with van der Waals surface area (Å²) < 4.78 is 121. The Kier molecular flexibility index (Phi) is 40.9. The first kappa shape index (κ1) is 112. The Balaban J connectivity index is 0.000000258. The van der Waals surface area contributed by atoms with E-state index in [1.807, 2.05) is 0 Å². The van der Waals surface area contributed by atoms with Crippen LogP contribution in [0.4, 0.5) is 0 Å². The van der Waals surface area contributed by atoms with Gasteiger partial charge >= 0.3 is 0 Å². The zero-order chi connectivity index (χ0) is 98.7. The summed E-state index contributed by atoms with van der Waals surface area (Å²) >= 11 is 0. The van der Waals surface area contributed by atoms with Crippen molar-refractivity contribution in [1.82, 2.24) is 0 Å². The van der Waals surface area contributed by atoms with Crippen LogP contribution in [-0.2, 0) is 104 Å². The Morgan fingerprint density at radius 3 is 0.343 bits per heavy atom. The van der Waals surface area contributed by atoms with E-state index in [1.165, 1.54) is 0 Å². The van der Waals surface area contributed by atoms with E-state index < -0.39 is 448 Å². The topological polar surface area (TPSA) is 1010 Å². The molecule has 0 spiro atoms. The van der Waals surface area contributed by atoms with E-state index >= 15 is 0 Å². The van der Waals surface area contributed by atoms with Crippen LogP contribution in [0.2, 0.25) is 0 Å². The molecule has 134 heavy (non-hydrogen) atoms. The Labute approximate surface area is 754 Å². The van der Waals surface area contributed by atoms with Crippen molar-refractivity contribution in [3.63, 3.8) is 0 Å². The number of hydrogen-bond donors (Lipinski definition) is 40. The van der Waals surface area contributed by atoms with Crippen molar-refractivity contribution in [2.45, 2.75) is 368 Å². The number of aliphatic hydroxyl groups excluding tert-OH is 40. The second-order valence-electron chi connectivity index (χ2n) is 33.5. The zero-order valence-electron chi connectivity index (χ0n) is 70.0. The second kappa shape index (κ2) is 48.9. The van der Waals surface area contributed by atoms with Gasteiger partial charge in [-0.15, -0.1) is 0 Å². The molecule has 12 saturated heterocycles. The first-order valence-corrected chi connectivity index (χ1v) is 42.3. The van der Waals surface area contributed by atoms with Crippen LogP contribution in [0.3, 0.4) is 0 Å². The van der Waals surface area contributed by atoms with Gasteiger partial charge in [-0.25, -0.2) is 0 Å². The highest BCUT2D eigenvalue weighted by atomic mass is 16.8. The van der Waals surface area contributed by atoms with E-state index in [-0.39, 0.29) is 0 Å². The molecule has 62 nitrogen and oxygen atoms in total. The Bertz CT molecular complexity index is 3210. The van der Waals surface area contributed by atoms with Gasteiger partial charge in [-0.05, 0) is 0 Å². The van der Waals surface area contributed by atoms with E-state index in [2.05, 4.69) is 0 Å². The first-order valence-electron chi connectivity index (χ1n) is 42.3. The summed E-state index contributed by atoms with van der Waals surface area (Å²) in [5.74, 6) is 0. The average molecular weight is 1980 g/mol. The van der Waals surface area contributed by atoms with Crippen molar-refractivity contribution in [2.24, 2.45) is 0 Å². The summed E-state index contributed by atoms with van der Waals surface area (Å²) in [6.45, 7) is -11.3. The molecule has 12 aliphatic rings. The van der Waals surface area contributed by atoms with E-state index in [0.717, 1.165) is 0 Å². The molecule has 0 bridgehead atoms. The predicted molar refractivity (Wildman–Crippen MR) is 398 cm³/mol. The van der Waals surface area contributed by atoms with Crippen molar-refractivity contribution < 1.29 is 308 Å². The summed E-state index contributed by atoms with van der Waals surface area (Å²) in [4.78, 5) is 0. The smallest absolute Gasteiger partial charge is 0.187 e. The molecule has 0 aliphatic carbocycles. The normalized spacial score (nSPS) is 53.4. The molecule has 12 aliphatic heterocycles. The minimum absolute atomic E-state index is 0.830. The average Bonchev–Trinajstić information content (AvgIpc) is 0.781. The summed E-state index contributed by atoms with van der Waals surface area (Å²) in [6.07, 6.45) is -113. The van der Waals surface area contributed by atoms with Gasteiger partial charge in [0, 0.05) is 0 Å². The minimum Gasteiger partial charge on any atom is -0.394 e. The molecule has 12 heterocycles. The van der Waals surface area contributed by atoms with E-state index in [0.29, 0.717) is 0 Å². The van der Waals surface area contributed by atoms with E-state index in [9.17, 15) is 204 Å². The fraction of sp³-hybridized carbons (Fsp3) is 1.00. The lowest BCUT2D eigenvalue weighted by molar-refractivity contribution is -0.396. The van der Waals surface area contributed by atoms with Crippen molar-refractivity contribution in [3.8, 4) is 0 Å². The van der Waals surface area contributed by atoms with Crippen molar-refractivity contribution in [2.75, 3.05) is 79.3 Å². The Morgan fingerprint density at radius 1 is 0.112 bits per heavy atom. The minimum atomic E-state index is -2.18. The molecule has 12 rings (SSSR count). The maximum absolute atomic E-state index is 11.2. The highest BCUT2D eigenvalue weighted by Gasteiger charge is 2.63. The lowest BCUT2D eigenvalue weighted by atomic mass is 9.95. The molecule has 0 aromatic heterocycles. The standard InChI is InChI=1S/2C36H62O31/c2*37-1-7-13(43)14(44)21(51)32(58-7)64-27-9(3-39)60-34(23(53)16(27)46)66-29-11(5-41)62-36(25(55)18(29)48)67-30-12(6-42)61-35(24(54)19(30)49)65-28-10(4-40)59-33(22(52)17(28)47)63-26-8(2-38)57-31(56)20(50)15(26)45/h2*7-56H,1-6H2/t2*7-,8-,9-,10-,11-,12-,13-,14+,15-,16-,17-,18-,19-,20-,21-,22-,23-,24-,25-,26-,27-,28-,29-,30-,31+,32-,33-,34-,35-,36-/m11/s1. The molecular weight excluding hydrogens is 1860 g/mol. The van der Waals surface area contributed by atoms with Crippen LogP contribution in [0, 0.1) is 0 Å². The number of ether oxygens (including phenoxy) is 22. The SMILES string of the molecule is OC[C@H]1O[C@H](O[C@H]2[C@H](O)[C@@H](O)[C@@H](O[C@H]3[C@H](O)[C@@H](O)[C@@H](O[C@H]4[C@H](O)[C@@H](O)[C@@H](O[C@H]5[C@H](O)[C@@H](O)[C@@H](O[C@H]6[C@H](O)[C@@H](O)[C@@H](O)O[C@@H]6CO)O[C@@H]5CO)O[C@@H]4CO)O[C@@H]3CO)O[C@@H]2CO)[C@H](O)[C@@H](O)[C@@H]1O.OC[C@H]1O[C@H](O[C@H]2[C@H](O)[C@@H](O)[C@@H](O[C@H]3[C@H](O)[C@@H](O)[C@@H](O[C@H]4[C@H](O)[C@@H](O)[C@@H](O[C@H]5[C@H](O)[C@@H](O)[C@@H](O[C@H]6[C@H](O)[C@@H](O)[C@@H](O)O[C@@H]6CO)O[C@@H]5CO)O[C@@H]4CO)O[C@@H]3CO)O[C@@H]2CO)[C@H](O)[C@@H](O)[C@@H]1O. The molecular formula is C72H124O62. The third-order valence-electron chi connectivity index (χ3n) is 24.9. The summed E-state index contributed by atoms with van der Waals surface area (Å²) in [6, 6.07) is 0. The van der Waals surface area contributed by atoms with Gasteiger partial charge in [0.1, 0.15) is 293 Å². The number of rotatable bonds is 32. The van der Waals surface area contributed by atoms with E-state index in [4.69, 9.17) is 104 Å². The molecule has 60 atom stereocenters.